The van der Waals surface area contributed by atoms with E-state index in [9.17, 15) is 0 Å². The first kappa shape index (κ1) is 14.9. The minimum Gasteiger partial charge on any atom is -0.382 e. The molecule has 0 amide bonds. The van der Waals surface area contributed by atoms with Crippen LogP contribution in [0.15, 0.2) is 0 Å². The van der Waals surface area contributed by atoms with Crippen molar-refractivity contribution in [3.05, 3.63) is 0 Å². The van der Waals surface area contributed by atoms with Gasteiger partial charge in [0.05, 0.1) is 19.8 Å². The molecule has 1 aliphatic rings. The van der Waals surface area contributed by atoms with E-state index in [2.05, 4.69) is 24.3 Å². The highest BCUT2D eigenvalue weighted by atomic mass is 16.5. The van der Waals surface area contributed by atoms with Crippen molar-refractivity contribution in [3.8, 4) is 0 Å². The van der Waals surface area contributed by atoms with Crippen molar-refractivity contribution in [2.75, 3.05) is 47.6 Å². The molecular weight excluding hydrogens is 216 g/mol. The molecule has 1 fully saturated rings. The molecule has 0 aromatic carbocycles. The number of nitrogens with one attached hydrogen (secondary N) is 1. The van der Waals surface area contributed by atoms with Crippen LogP contribution in [-0.4, -0.2) is 64.6 Å². The summed E-state index contributed by atoms with van der Waals surface area (Å²) in [6.45, 7) is 3.23. The van der Waals surface area contributed by atoms with Crippen LogP contribution in [0.4, 0.5) is 0 Å². The second kappa shape index (κ2) is 8.86. The predicted octanol–water partition coefficient (Wildman–Crippen LogP) is 1.11. The van der Waals surface area contributed by atoms with Gasteiger partial charge in [0.15, 0.2) is 0 Å². The van der Waals surface area contributed by atoms with E-state index in [1.807, 2.05) is 0 Å². The van der Waals surface area contributed by atoms with E-state index < -0.39 is 0 Å². The molecule has 1 N–H and O–H groups in total. The standard InChI is InChI=1S/C13H28N2O2/c1-14-12-4-6-13(7-5-12)15(2)8-9-17-11-10-16-3/h12-14H,4-11H2,1-3H3. The van der Waals surface area contributed by atoms with E-state index in [4.69, 9.17) is 9.47 Å². The maximum absolute atomic E-state index is 5.50. The lowest BCUT2D eigenvalue weighted by atomic mass is 9.90. The molecule has 1 aliphatic carbocycles. The van der Waals surface area contributed by atoms with Crippen LogP contribution in [0, 0.1) is 0 Å². The molecule has 1 rings (SSSR count). The molecule has 0 bridgehead atoms. The van der Waals surface area contributed by atoms with E-state index in [-0.39, 0.29) is 0 Å². The number of likely N-dealkylation sites (N-methyl/N-ethyl adjacent to an activating group) is 1. The average molecular weight is 244 g/mol. The Bertz CT molecular complexity index is 182. The summed E-state index contributed by atoms with van der Waals surface area (Å²) < 4.78 is 10.4. The van der Waals surface area contributed by atoms with Gasteiger partial charge in [-0.25, -0.2) is 0 Å². The van der Waals surface area contributed by atoms with E-state index >= 15 is 0 Å². The topological polar surface area (TPSA) is 33.7 Å². The largest absolute Gasteiger partial charge is 0.382 e. The van der Waals surface area contributed by atoms with Crippen LogP contribution in [0.3, 0.4) is 0 Å². The maximum Gasteiger partial charge on any atom is 0.0700 e. The molecular formula is C13H28N2O2. The zero-order chi connectivity index (χ0) is 12.5. The molecule has 4 heteroatoms. The lowest BCUT2D eigenvalue weighted by Crippen LogP contribution is -2.41. The fourth-order valence-corrected chi connectivity index (χ4v) is 2.44. The number of methoxy groups -OCH3 is 1. The zero-order valence-electron chi connectivity index (χ0n) is 11.6. The Labute approximate surface area is 106 Å². The van der Waals surface area contributed by atoms with Crippen LogP contribution in [0.1, 0.15) is 25.7 Å². The van der Waals surface area contributed by atoms with Gasteiger partial charge in [0, 0.05) is 25.7 Å². The second-order valence-electron chi connectivity index (χ2n) is 4.88. The Morgan fingerprint density at radius 1 is 1.12 bits per heavy atom. The number of nitrogens with zero attached hydrogens (tertiary/aromatic N) is 1. The molecule has 0 saturated heterocycles. The Hall–Kier alpha value is -0.160. The van der Waals surface area contributed by atoms with Crippen molar-refractivity contribution in [3.63, 3.8) is 0 Å². The first-order chi connectivity index (χ1) is 8.27. The Kier molecular flexibility index (Phi) is 7.77. The maximum atomic E-state index is 5.50. The molecule has 102 valence electrons. The molecule has 0 aromatic rings. The minimum absolute atomic E-state index is 0.691. The Balaban J connectivity index is 2.05. The summed E-state index contributed by atoms with van der Waals surface area (Å²) >= 11 is 0. The minimum atomic E-state index is 0.691. The summed E-state index contributed by atoms with van der Waals surface area (Å²) in [5.74, 6) is 0. The monoisotopic (exact) mass is 244 g/mol. The molecule has 0 atom stereocenters. The van der Waals surface area contributed by atoms with Gasteiger partial charge in [0.1, 0.15) is 0 Å². The van der Waals surface area contributed by atoms with Crippen molar-refractivity contribution in [2.45, 2.75) is 37.8 Å². The van der Waals surface area contributed by atoms with Crippen molar-refractivity contribution in [1.29, 1.82) is 0 Å². The summed E-state index contributed by atoms with van der Waals surface area (Å²) in [7, 11) is 5.98. The van der Waals surface area contributed by atoms with Gasteiger partial charge in [0.25, 0.3) is 0 Å². The predicted molar refractivity (Wildman–Crippen MR) is 70.4 cm³/mol. The molecule has 0 heterocycles. The van der Waals surface area contributed by atoms with Gasteiger partial charge in [-0.05, 0) is 39.8 Å². The third-order valence-corrected chi connectivity index (χ3v) is 3.75. The Morgan fingerprint density at radius 2 is 1.82 bits per heavy atom. The van der Waals surface area contributed by atoms with Gasteiger partial charge in [-0.3, -0.25) is 0 Å². The van der Waals surface area contributed by atoms with Crippen molar-refractivity contribution >= 4 is 0 Å². The number of ether oxygens (including phenoxy) is 2. The second-order valence-corrected chi connectivity index (χ2v) is 4.88. The van der Waals surface area contributed by atoms with Gasteiger partial charge >= 0.3 is 0 Å². The fourth-order valence-electron chi connectivity index (χ4n) is 2.44. The third-order valence-electron chi connectivity index (χ3n) is 3.75. The van der Waals surface area contributed by atoms with E-state index in [1.165, 1.54) is 25.7 Å². The molecule has 1 saturated carbocycles. The summed E-state index contributed by atoms with van der Waals surface area (Å²) in [4.78, 5) is 2.44. The molecule has 0 unspecified atom stereocenters. The summed E-state index contributed by atoms with van der Waals surface area (Å²) in [5, 5.41) is 3.37. The molecule has 4 nitrogen and oxygen atoms in total. The zero-order valence-corrected chi connectivity index (χ0v) is 11.6. The lowest BCUT2D eigenvalue weighted by molar-refractivity contribution is 0.0506. The van der Waals surface area contributed by atoms with E-state index in [1.54, 1.807) is 7.11 Å². The number of hydrogen-bond acceptors (Lipinski definition) is 4. The van der Waals surface area contributed by atoms with Crippen molar-refractivity contribution < 1.29 is 9.47 Å². The van der Waals surface area contributed by atoms with Crippen LogP contribution in [-0.2, 0) is 9.47 Å². The van der Waals surface area contributed by atoms with Gasteiger partial charge in [-0.15, -0.1) is 0 Å². The molecule has 0 aromatic heterocycles. The smallest absolute Gasteiger partial charge is 0.0700 e. The molecule has 0 spiro atoms. The van der Waals surface area contributed by atoms with Crippen molar-refractivity contribution in [2.24, 2.45) is 0 Å². The van der Waals surface area contributed by atoms with Crippen LogP contribution in [0.5, 0.6) is 0 Å². The van der Waals surface area contributed by atoms with E-state index in [0.717, 1.165) is 25.2 Å². The molecule has 17 heavy (non-hydrogen) atoms. The third kappa shape index (κ3) is 5.82. The lowest BCUT2D eigenvalue weighted by Gasteiger charge is -2.34. The highest BCUT2D eigenvalue weighted by molar-refractivity contribution is 4.80. The number of rotatable bonds is 8. The van der Waals surface area contributed by atoms with Gasteiger partial charge in [-0.2, -0.15) is 0 Å². The van der Waals surface area contributed by atoms with Crippen LogP contribution < -0.4 is 5.32 Å². The van der Waals surface area contributed by atoms with Crippen LogP contribution in [0.25, 0.3) is 0 Å². The molecule has 0 aliphatic heterocycles. The SMILES string of the molecule is CNC1CCC(N(C)CCOCCOC)CC1. The molecule has 0 radical (unpaired) electrons. The normalized spacial score (nSPS) is 25.4. The highest BCUT2D eigenvalue weighted by Crippen LogP contribution is 2.21. The first-order valence-electron chi connectivity index (χ1n) is 6.72. The highest BCUT2D eigenvalue weighted by Gasteiger charge is 2.22. The van der Waals surface area contributed by atoms with Crippen LogP contribution >= 0.6 is 0 Å². The van der Waals surface area contributed by atoms with Crippen molar-refractivity contribution in [1.82, 2.24) is 10.2 Å². The van der Waals surface area contributed by atoms with Crippen LogP contribution in [0.2, 0.25) is 0 Å². The average Bonchev–Trinajstić information content (AvgIpc) is 2.38. The van der Waals surface area contributed by atoms with Gasteiger partial charge in [0.2, 0.25) is 0 Å². The fraction of sp³-hybridized carbons (Fsp3) is 1.00. The summed E-state index contributed by atoms with van der Waals surface area (Å²) in [5.41, 5.74) is 0. The van der Waals surface area contributed by atoms with Gasteiger partial charge in [-0.1, -0.05) is 0 Å². The summed E-state index contributed by atoms with van der Waals surface area (Å²) in [6.07, 6.45) is 5.21. The quantitative estimate of drug-likeness (QED) is 0.649. The number of hydrogen-bond donors (Lipinski definition) is 1. The first-order valence-corrected chi connectivity index (χ1v) is 6.72. The van der Waals surface area contributed by atoms with E-state index in [0.29, 0.717) is 13.2 Å². The Morgan fingerprint density at radius 3 is 2.41 bits per heavy atom. The van der Waals surface area contributed by atoms with Gasteiger partial charge < -0.3 is 19.7 Å². The summed E-state index contributed by atoms with van der Waals surface area (Å²) in [6, 6.07) is 1.48.